The summed E-state index contributed by atoms with van der Waals surface area (Å²) in [4.78, 5) is 0. The molecule has 4 aromatic rings. The lowest BCUT2D eigenvalue weighted by Crippen LogP contribution is -2.00. The molecule has 0 bridgehead atoms. The van der Waals surface area contributed by atoms with Crippen molar-refractivity contribution < 1.29 is 4.74 Å². The number of hydrogen-bond donors (Lipinski definition) is 0. The van der Waals surface area contributed by atoms with E-state index in [2.05, 4.69) is 33.8 Å². The van der Waals surface area contributed by atoms with E-state index < -0.39 is 0 Å². The van der Waals surface area contributed by atoms with Crippen molar-refractivity contribution >= 4 is 35.0 Å². The summed E-state index contributed by atoms with van der Waals surface area (Å²) in [6.45, 7) is 2.07. The molecule has 0 saturated heterocycles. The first kappa shape index (κ1) is 20.8. The van der Waals surface area contributed by atoms with Crippen LogP contribution in [-0.2, 0) is 5.75 Å². The number of benzene rings is 3. The summed E-state index contributed by atoms with van der Waals surface area (Å²) in [5.74, 6) is 2.23. The zero-order chi connectivity index (χ0) is 21.1. The van der Waals surface area contributed by atoms with Gasteiger partial charge in [-0.3, -0.25) is 4.57 Å². The van der Waals surface area contributed by atoms with Crippen LogP contribution in [0.3, 0.4) is 0 Å². The van der Waals surface area contributed by atoms with E-state index in [9.17, 15) is 0 Å². The summed E-state index contributed by atoms with van der Waals surface area (Å²) in [5, 5.41) is 11.0. The Morgan fingerprint density at radius 1 is 0.967 bits per heavy atom. The fourth-order valence-electron chi connectivity index (χ4n) is 3.08. The van der Waals surface area contributed by atoms with Crippen LogP contribution in [0.15, 0.2) is 71.9 Å². The summed E-state index contributed by atoms with van der Waals surface area (Å²) in [7, 11) is 1.66. The lowest BCUT2D eigenvalue weighted by Gasteiger charge is -2.12. The molecule has 0 aliphatic rings. The second-order valence-electron chi connectivity index (χ2n) is 6.73. The fraction of sp³-hybridized carbons (Fsp3) is 0.130. The minimum atomic E-state index is 0.622. The van der Waals surface area contributed by atoms with Gasteiger partial charge in [-0.25, -0.2) is 0 Å². The van der Waals surface area contributed by atoms with Crippen LogP contribution in [0.2, 0.25) is 10.0 Å². The summed E-state index contributed by atoms with van der Waals surface area (Å²) >= 11 is 13.9. The van der Waals surface area contributed by atoms with Gasteiger partial charge in [0.1, 0.15) is 5.75 Å². The molecule has 7 heteroatoms. The van der Waals surface area contributed by atoms with Crippen molar-refractivity contribution in [1.29, 1.82) is 0 Å². The Morgan fingerprint density at radius 3 is 2.47 bits per heavy atom. The Labute approximate surface area is 189 Å². The first-order chi connectivity index (χ1) is 14.5. The maximum absolute atomic E-state index is 6.35. The van der Waals surface area contributed by atoms with Crippen LogP contribution in [-0.4, -0.2) is 21.9 Å². The predicted molar refractivity (Wildman–Crippen MR) is 124 cm³/mol. The summed E-state index contributed by atoms with van der Waals surface area (Å²) in [5.41, 5.74) is 4.13. The monoisotopic (exact) mass is 455 g/mol. The number of aromatic nitrogens is 3. The second-order valence-corrected chi connectivity index (χ2v) is 8.52. The third kappa shape index (κ3) is 4.48. The van der Waals surface area contributed by atoms with E-state index in [4.69, 9.17) is 27.9 Å². The molecule has 0 radical (unpaired) electrons. The number of hydrogen-bond acceptors (Lipinski definition) is 4. The van der Waals surface area contributed by atoms with Crippen molar-refractivity contribution in [1.82, 2.24) is 14.8 Å². The van der Waals surface area contributed by atoms with Gasteiger partial charge in [-0.1, -0.05) is 64.8 Å². The standard InChI is InChI=1S/C23H19Cl2N3OS/c1-15-4-3-5-16(12-15)22-26-27-23(28(22)19-8-10-20(29-2)11-9-19)30-14-17-6-7-18(24)13-21(17)25/h3-13H,14H2,1-2H3. The fourth-order valence-corrected chi connectivity index (χ4v) is 4.59. The second kappa shape index (κ2) is 9.13. The molecule has 0 aliphatic carbocycles. The molecule has 30 heavy (non-hydrogen) atoms. The molecule has 0 unspecified atom stereocenters. The SMILES string of the molecule is COc1ccc(-n2c(SCc3ccc(Cl)cc3Cl)nnc2-c2cccc(C)c2)cc1. The van der Waals surface area contributed by atoms with Crippen LogP contribution >= 0.6 is 35.0 Å². The molecule has 1 heterocycles. The van der Waals surface area contributed by atoms with Crippen LogP contribution < -0.4 is 4.74 Å². The molecule has 0 spiro atoms. The Morgan fingerprint density at radius 2 is 1.77 bits per heavy atom. The normalized spacial score (nSPS) is 10.9. The van der Waals surface area contributed by atoms with Crippen LogP contribution in [0, 0.1) is 6.92 Å². The third-order valence-electron chi connectivity index (χ3n) is 4.61. The van der Waals surface area contributed by atoms with Crippen molar-refractivity contribution in [3.63, 3.8) is 0 Å². The minimum Gasteiger partial charge on any atom is -0.497 e. The van der Waals surface area contributed by atoms with Gasteiger partial charge in [0.2, 0.25) is 0 Å². The van der Waals surface area contributed by atoms with E-state index in [0.717, 1.165) is 33.5 Å². The first-order valence-corrected chi connectivity index (χ1v) is 11.0. The molecule has 152 valence electrons. The van der Waals surface area contributed by atoms with Gasteiger partial charge in [-0.2, -0.15) is 0 Å². The van der Waals surface area contributed by atoms with Crippen molar-refractivity contribution in [3.8, 4) is 22.8 Å². The van der Waals surface area contributed by atoms with Gasteiger partial charge in [-0.15, -0.1) is 10.2 Å². The van der Waals surface area contributed by atoms with Gasteiger partial charge in [0.15, 0.2) is 11.0 Å². The highest BCUT2D eigenvalue weighted by molar-refractivity contribution is 7.98. The number of thioether (sulfide) groups is 1. The van der Waals surface area contributed by atoms with Crippen LogP contribution in [0.1, 0.15) is 11.1 Å². The molecule has 4 nitrogen and oxygen atoms in total. The average molecular weight is 456 g/mol. The first-order valence-electron chi connectivity index (χ1n) is 9.29. The third-order valence-corrected chi connectivity index (χ3v) is 6.18. The van der Waals surface area contributed by atoms with E-state index in [-0.39, 0.29) is 0 Å². The number of rotatable bonds is 6. The minimum absolute atomic E-state index is 0.622. The number of ether oxygens (including phenoxy) is 1. The molecule has 0 N–H and O–H groups in total. The van der Waals surface area contributed by atoms with Crippen molar-refractivity contribution in [2.24, 2.45) is 0 Å². The zero-order valence-corrected chi connectivity index (χ0v) is 18.8. The largest absolute Gasteiger partial charge is 0.497 e. The van der Waals surface area contributed by atoms with Gasteiger partial charge in [-0.05, 0) is 55.0 Å². The Kier molecular flexibility index (Phi) is 6.32. The van der Waals surface area contributed by atoms with E-state index in [0.29, 0.717) is 15.8 Å². The average Bonchev–Trinajstić information content (AvgIpc) is 3.17. The molecule has 4 rings (SSSR count). The molecular formula is C23H19Cl2N3OS. The van der Waals surface area contributed by atoms with Gasteiger partial charge < -0.3 is 4.74 Å². The Balaban J connectivity index is 1.74. The lowest BCUT2D eigenvalue weighted by molar-refractivity contribution is 0.414. The summed E-state index contributed by atoms with van der Waals surface area (Å²) in [6.07, 6.45) is 0. The van der Waals surface area contributed by atoms with E-state index >= 15 is 0 Å². The molecule has 0 atom stereocenters. The summed E-state index contributed by atoms with van der Waals surface area (Å²) < 4.78 is 7.36. The van der Waals surface area contributed by atoms with Crippen LogP contribution in [0.5, 0.6) is 5.75 Å². The maximum atomic E-state index is 6.35. The van der Waals surface area contributed by atoms with Crippen molar-refractivity contribution in [2.45, 2.75) is 17.8 Å². The summed E-state index contributed by atoms with van der Waals surface area (Å²) in [6, 6.07) is 21.6. The molecule has 3 aromatic carbocycles. The predicted octanol–water partition coefficient (Wildman–Crippen LogP) is 6.85. The van der Waals surface area contributed by atoms with Crippen LogP contribution in [0.4, 0.5) is 0 Å². The highest BCUT2D eigenvalue weighted by atomic mass is 35.5. The highest BCUT2D eigenvalue weighted by Crippen LogP contribution is 2.32. The van der Waals surface area contributed by atoms with Crippen LogP contribution in [0.25, 0.3) is 17.1 Å². The van der Waals surface area contributed by atoms with E-state index in [1.807, 2.05) is 48.5 Å². The number of aryl methyl sites for hydroxylation is 1. The molecule has 0 amide bonds. The maximum Gasteiger partial charge on any atom is 0.196 e. The molecule has 0 saturated carbocycles. The number of methoxy groups -OCH3 is 1. The molecular weight excluding hydrogens is 437 g/mol. The Bertz CT molecular complexity index is 1180. The van der Waals surface area contributed by atoms with Crippen molar-refractivity contribution in [2.75, 3.05) is 7.11 Å². The smallest absolute Gasteiger partial charge is 0.196 e. The molecule has 0 aliphatic heterocycles. The highest BCUT2D eigenvalue weighted by Gasteiger charge is 2.17. The van der Waals surface area contributed by atoms with E-state index in [1.54, 1.807) is 24.9 Å². The number of nitrogens with zero attached hydrogens (tertiary/aromatic N) is 3. The number of halogens is 2. The van der Waals surface area contributed by atoms with Gasteiger partial charge in [0, 0.05) is 27.0 Å². The zero-order valence-electron chi connectivity index (χ0n) is 16.5. The lowest BCUT2D eigenvalue weighted by atomic mass is 10.1. The molecule has 0 fully saturated rings. The quantitative estimate of drug-likeness (QED) is 0.298. The Hall–Kier alpha value is -2.47. The molecule has 1 aromatic heterocycles. The van der Waals surface area contributed by atoms with Gasteiger partial charge in [0.05, 0.1) is 7.11 Å². The van der Waals surface area contributed by atoms with Gasteiger partial charge in [0.25, 0.3) is 0 Å². The topological polar surface area (TPSA) is 39.9 Å². The van der Waals surface area contributed by atoms with Gasteiger partial charge >= 0.3 is 0 Å². The van der Waals surface area contributed by atoms with E-state index in [1.165, 1.54) is 5.56 Å². The van der Waals surface area contributed by atoms with Crippen molar-refractivity contribution in [3.05, 3.63) is 87.9 Å².